The number of anilines is 1. The second-order valence-electron chi connectivity index (χ2n) is 8.17. The molecule has 200 valence electrons. The van der Waals surface area contributed by atoms with E-state index in [-0.39, 0.29) is 17.2 Å². The first-order valence-electron chi connectivity index (χ1n) is 11.5. The van der Waals surface area contributed by atoms with Crippen molar-refractivity contribution in [3.63, 3.8) is 0 Å². The lowest BCUT2D eigenvalue weighted by Crippen LogP contribution is -2.36. The highest BCUT2D eigenvalue weighted by Gasteiger charge is 2.36. The van der Waals surface area contributed by atoms with E-state index in [0.717, 1.165) is 27.1 Å². The number of nitrogens with zero attached hydrogens (tertiary/aromatic N) is 2. The molecule has 0 saturated carbocycles. The van der Waals surface area contributed by atoms with E-state index in [0.29, 0.717) is 22.7 Å². The topological polar surface area (TPSA) is 128 Å². The summed E-state index contributed by atoms with van der Waals surface area (Å²) in [5.74, 6) is -0.205. The normalized spacial score (nSPS) is 14.0. The van der Waals surface area contributed by atoms with Gasteiger partial charge in [-0.15, -0.1) is 11.8 Å². The lowest BCUT2D eigenvalue weighted by Gasteiger charge is -2.13. The molecule has 0 unspecified atom stereocenters. The summed E-state index contributed by atoms with van der Waals surface area (Å²) in [5.41, 5.74) is 1.91. The summed E-state index contributed by atoms with van der Waals surface area (Å²) in [4.78, 5) is 50.3. The summed E-state index contributed by atoms with van der Waals surface area (Å²) in [5, 5.41) is 13.0. The molecule has 3 amide bonds. The Hall–Kier alpha value is -4.29. The van der Waals surface area contributed by atoms with Gasteiger partial charge in [-0.2, -0.15) is 0 Å². The van der Waals surface area contributed by atoms with Crippen LogP contribution in [-0.4, -0.2) is 46.8 Å². The molecule has 3 aromatic carbocycles. The number of methoxy groups -OCH3 is 1. The van der Waals surface area contributed by atoms with Crippen LogP contribution in [0.25, 0.3) is 6.08 Å². The van der Waals surface area contributed by atoms with Gasteiger partial charge < -0.3 is 14.8 Å². The minimum absolute atomic E-state index is 0.00771. The highest BCUT2D eigenvalue weighted by atomic mass is 32.2. The number of nitro benzene ring substituents is 1. The van der Waals surface area contributed by atoms with E-state index in [1.54, 1.807) is 42.5 Å². The number of ether oxygens (including phenoxy) is 2. The fraction of sp³-hybridized carbons (Fsp3) is 0.148. The summed E-state index contributed by atoms with van der Waals surface area (Å²) in [6.45, 7) is -0.236. The van der Waals surface area contributed by atoms with Crippen molar-refractivity contribution in [3.8, 4) is 11.5 Å². The number of imide groups is 1. The number of hydrogen-bond donors (Lipinski definition) is 1. The van der Waals surface area contributed by atoms with E-state index in [1.807, 2.05) is 24.5 Å². The van der Waals surface area contributed by atoms with E-state index in [9.17, 15) is 24.5 Å². The van der Waals surface area contributed by atoms with Crippen LogP contribution in [0, 0.1) is 10.1 Å². The van der Waals surface area contributed by atoms with Gasteiger partial charge in [-0.05, 0) is 77.7 Å². The maximum atomic E-state index is 12.9. The van der Waals surface area contributed by atoms with Gasteiger partial charge >= 0.3 is 0 Å². The van der Waals surface area contributed by atoms with Gasteiger partial charge in [0.15, 0.2) is 11.5 Å². The number of amides is 3. The Labute approximate surface area is 232 Å². The Morgan fingerprint density at radius 1 is 1.10 bits per heavy atom. The van der Waals surface area contributed by atoms with Gasteiger partial charge in [0, 0.05) is 22.7 Å². The molecule has 0 aliphatic carbocycles. The summed E-state index contributed by atoms with van der Waals surface area (Å²) in [7, 11) is 1.47. The largest absolute Gasteiger partial charge is 0.493 e. The maximum Gasteiger partial charge on any atom is 0.294 e. The van der Waals surface area contributed by atoms with E-state index in [4.69, 9.17) is 9.47 Å². The van der Waals surface area contributed by atoms with Gasteiger partial charge in [0.2, 0.25) is 5.91 Å². The number of benzene rings is 3. The number of carbonyl (C=O) groups excluding carboxylic acids is 3. The third-order valence-electron chi connectivity index (χ3n) is 5.56. The number of non-ortho nitro benzene ring substituents is 1. The zero-order chi connectivity index (χ0) is 27.9. The molecule has 1 aliphatic heterocycles. The number of thioether (sulfide) groups is 2. The first kappa shape index (κ1) is 27.7. The second-order valence-corrected chi connectivity index (χ2v) is 10.0. The molecule has 0 atom stereocenters. The average molecular weight is 566 g/mol. The Morgan fingerprint density at radius 2 is 1.87 bits per heavy atom. The molecule has 1 fully saturated rings. The SMILES string of the molecule is COc1cc(/C=C2/SC(=O)N(CC(=O)Nc3cccc(SC)c3)C2=O)ccc1OCc1ccc([N+](=O)[O-])cc1. The van der Waals surface area contributed by atoms with Crippen LogP contribution in [-0.2, 0) is 16.2 Å². The smallest absolute Gasteiger partial charge is 0.294 e. The molecule has 12 heteroatoms. The van der Waals surface area contributed by atoms with E-state index in [2.05, 4.69) is 5.32 Å². The number of nitrogens with one attached hydrogen (secondary N) is 1. The van der Waals surface area contributed by atoms with Gasteiger partial charge in [-0.3, -0.25) is 29.4 Å². The number of carbonyl (C=O) groups is 3. The number of hydrogen-bond acceptors (Lipinski definition) is 9. The summed E-state index contributed by atoms with van der Waals surface area (Å²) in [6, 6.07) is 18.3. The van der Waals surface area contributed by atoms with Gasteiger partial charge in [0.25, 0.3) is 16.8 Å². The molecular formula is C27H23N3O7S2. The molecule has 0 aromatic heterocycles. The Balaban J connectivity index is 1.41. The molecule has 0 radical (unpaired) electrons. The van der Waals surface area contributed by atoms with Crippen LogP contribution in [0.1, 0.15) is 11.1 Å². The lowest BCUT2D eigenvalue weighted by atomic mass is 10.1. The Kier molecular flexibility index (Phi) is 8.89. The second kappa shape index (κ2) is 12.5. The molecule has 0 spiro atoms. The molecule has 3 aromatic rings. The number of rotatable bonds is 10. The molecule has 10 nitrogen and oxygen atoms in total. The lowest BCUT2D eigenvalue weighted by molar-refractivity contribution is -0.384. The van der Waals surface area contributed by atoms with E-state index < -0.39 is 28.5 Å². The molecule has 4 rings (SSSR count). The predicted octanol–water partition coefficient (Wildman–Crippen LogP) is 5.58. The third-order valence-corrected chi connectivity index (χ3v) is 7.19. The Morgan fingerprint density at radius 3 is 2.56 bits per heavy atom. The van der Waals surface area contributed by atoms with Crippen molar-refractivity contribution < 1.29 is 28.8 Å². The quantitative estimate of drug-likeness (QED) is 0.145. The molecule has 1 heterocycles. The van der Waals surface area contributed by atoms with E-state index >= 15 is 0 Å². The van der Waals surface area contributed by atoms with Crippen molar-refractivity contribution in [2.24, 2.45) is 0 Å². The average Bonchev–Trinajstić information content (AvgIpc) is 3.19. The molecular weight excluding hydrogens is 542 g/mol. The summed E-state index contributed by atoms with van der Waals surface area (Å²) in [6.07, 6.45) is 3.47. The van der Waals surface area contributed by atoms with Gasteiger partial charge in [-0.1, -0.05) is 12.1 Å². The predicted molar refractivity (Wildman–Crippen MR) is 150 cm³/mol. The minimum Gasteiger partial charge on any atom is -0.493 e. The first-order chi connectivity index (χ1) is 18.8. The van der Waals surface area contributed by atoms with Gasteiger partial charge in [0.1, 0.15) is 13.2 Å². The fourth-order valence-electron chi connectivity index (χ4n) is 3.60. The third kappa shape index (κ3) is 6.98. The molecule has 39 heavy (non-hydrogen) atoms. The zero-order valence-electron chi connectivity index (χ0n) is 20.9. The standard InChI is InChI=1S/C27H23N3O7S2/c1-36-23-12-18(8-11-22(23)37-16-17-6-9-20(10-7-17)30(34)35)13-24-26(32)29(27(33)39-24)15-25(31)28-19-4-3-5-21(14-19)38-2/h3-14H,15-16H2,1-2H3,(H,28,31)/b24-13+. The van der Waals surface area contributed by atoms with Crippen molar-refractivity contribution in [2.75, 3.05) is 25.2 Å². The fourth-order valence-corrected chi connectivity index (χ4v) is 4.90. The zero-order valence-corrected chi connectivity index (χ0v) is 22.5. The van der Waals surface area contributed by atoms with Crippen molar-refractivity contribution in [3.05, 3.63) is 92.9 Å². The molecule has 0 bridgehead atoms. The summed E-state index contributed by atoms with van der Waals surface area (Å²) < 4.78 is 11.2. The van der Waals surface area contributed by atoms with Crippen molar-refractivity contribution >= 4 is 58.0 Å². The van der Waals surface area contributed by atoms with Crippen LogP contribution in [0.2, 0.25) is 0 Å². The van der Waals surface area contributed by atoms with Crippen molar-refractivity contribution in [1.82, 2.24) is 4.90 Å². The minimum atomic E-state index is -0.560. The highest BCUT2D eigenvalue weighted by molar-refractivity contribution is 8.18. The molecule has 1 N–H and O–H groups in total. The first-order valence-corrected chi connectivity index (χ1v) is 13.5. The van der Waals surface area contributed by atoms with Crippen LogP contribution < -0.4 is 14.8 Å². The number of nitro groups is 1. The van der Waals surface area contributed by atoms with Crippen LogP contribution >= 0.6 is 23.5 Å². The summed E-state index contributed by atoms with van der Waals surface area (Å²) >= 11 is 2.29. The Bertz CT molecular complexity index is 1460. The van der Waals surface area contributed by atoms with Crippen LogP contribution in [0.4, 0.5) is 16.2 Å². The molecule has 1 saturated heterocycles. The van der Waals surface area contributed by atoms with Gasteiger partial charge in [0.05, 0.1) is 16.9 Å². The van der Waals surface area contributed by atoms with Crippen LogP contribution in [0.5, 0.6) is 11.5 Å². The van der Waals surface area contributed by atoms with Crippen LogP contribution in [0.15, 0.2) is 76.5 Å². The van der Waals surface area contributed by atoms with Gasteiger partial charge in [-0.25, -0.2) is 0 Å². The molecule has 1 aliphatic rings. The maximum absolute atomic E-state index is 12.9. The van der Waals surface area contributed by atoms with Crippen molar-refractivity contribution in [2.45, 2.75) is 11.5 Å². The van der Waals surface area contributed by atoms with Crippen molar-refractivity contribution in [1.29, 1.82) is 0 Å². The van der Waals surface area contributed by atoms with Crippen LogP contribution in [0.3, 0.4) is 0 Å². The van der Waals surface area contributed by atoms with E-state index in [1.165, 1.54) is 31.0 Å². The monoisotopic (exact) mass is 565 g/mol. The highest BCUT2D eigenvalue weighted by Crippen LogP contribution is 2.35.